The molecule has 0 aliphatic carbocycles. The molecule has 1 atom stereocenters. The van der Waals surface area contributed by atoms with Crippen LogP contribution in [-0.4, -0.2) is 93.4 Å². The number of hydrogen-bond acceptors (Lipinski definition) is 4. The summed E-state index contributed by atoms with van der Waals surface area (Å²) in [6.45, 7) is 8.63. The molecule has 2 N–H and O–H groups in total. The molecule has 2 fully saturated rings. The molecule has 6 nitrogen and oxygen atoms in total. The molecule has 0 aromatic heterocycles. The van der Waals surface area contributed by atoms with E-state index in [9.17, 15) is 13.2 Å². The summed E-state index contributed by atoms with van der Waals surface area (Å²) in [5.74, 6) is 0.704. The standard InChI is InChI=1S/C22H35F3N6.HI/c1-2-26-21(28-19-9-12-30(17-19)18-22(23,24)25)27-10-6-11-29-13-15-31(16-14-29)20-7-4-3-5-8-20;/h3-5,7-8,19H,2,6,9-18H2,1H3,(H2,26,27,28);1H. The van der Waals surface area contributed by atoms with Gasteiger partial charge in [-0.25, -0.2) is 0 Å². The third-order valence-electron chi connectivity index (χ3n) is 5.76. The average Bonchev–Trinajstić information content (AvgIpc) is 3.17. The number of likely N-dealkylation sites (tertiary alicyclic amines) is 1. The van der Waals surface area contributed by atoms with Gasteiger partial charge in [0.15, 0.2) is 5.96 Å². The lowest BCUT2D eigenvalue weighted by Crippen LogP contribution is -2.47. The third-order valence-corrected chi connectivity index (χ3v) is 5.76. The molecule has 1 aromatic rings. The van der Waals surface area contributed by atoms with E-state index in [1.54, 1.807) is 0 Å². The largest absolute Gasteiger partial charge is 0.401 e. The first-order chi connectivity index (χ1) is 14.9. The second kappa shape index (κ2) is 13.4. The van der Waals surface area contributed by atoms with Crippen molar-refractivity contribution in [2.45, 2.75) is 32.0 Å². The fourth-order valence-corrected chi connectivity index (χ4v) is 4.21. The van der Waals surface area contributed by atoms with Crippen LogP contribution >= 0.6 is 24.0 Å². The molecular formula is C22H36F3IN6. The van der Waals surface area contributed by atoms with Gasteiger partial charge in [-0.2, -0.15) is 13.2 Å². The van der Waals surface area contributed by atoms with E-state index >= 15 is 0 Å². The Labute approximate surface area is 206 Å². The first kappa shape index (κ1) is 27.0. The van der Waals surface area contributed by atoms with Gasteiger partial charge in [0.25, 0.3) is 0 Å². The van der Waals surface area contributed by atoms with Crippen LogP contribution in [-0.2, 0) is 0 Å². The van der Waals surface area contributed by atoms with E-state index < -0.39 is 12.7 Å². The zero-order valence-corrected chi connectivity index (χ0v) is 21.1. The SMILES string of the molecule is CCNC(=NCCCN1CCN(c2ccccc2)CC1)NC1CCN(CC(F)(F)F)C1.I. The molecule has 0 spiro atoms. The fraction of sp³-hybridized carbons (Fsp3) is 0.682. The van der Waals surface area contributed by atoms with E-state index in [0.29, 0.717) is 32.0 Å². The molecule has 2 saturated heterocycles. The highest BCUT2D eigenvalue weighted by Gasteiger charge is 2.34. The summed E-state index contributed by atoms with van der Waals surface area (Å²) in [6, 6.07) is 10.5. The number of nitrogens with zero attached hydrogens (tertiary/aromatic N) is 4. The van der Waals surface area contributed by atoms with Crippen LogP contribution in [0.4, 0.5) is 18.9 Å². The van der Waals surface area contributed by atoms with Crippen molar-refractivity contribution >= 4 is 35.6 Å². The van der Waals surface area contributed by atoms with Crippen LogP contribution in [0.2, 0.25) is 0 Å². The number of aliphatic imine (C=N–C) groups is 1. The van der Waals surface area contributed by atoms with Crippen LogP contribution in [0, 0.1) is 0 Å². The van der Waals surface area contributed by atoms with E-state index in [1.165, 1.54) is 10.6 Å². The summed E-state index contributed by atoms with van der Waals surface area (Å²) >= 11 is 0. The van der Waals surface area contributed by atoms with Crippen molar-refractivity contribution in [1.82, 2.24) is 20.4 Å². The van der Waals surface area contributed by atoms with Crippen molar-refractivity contribution in [2.75, 3.05) is 70.3 Å². The maximum atomic E-state index is 12.6. The van der Waals surface area contributed by atoms with E-state index in [0.717, 1.165) is 45.7 Å². The minimum atomic E-state index is -4.14. The maximum Gasteiger partial charge on any atom is 0.401 e. The fourth-order valence-electron chi connectivity index (χ4n) is 4.21. The van der Waals surface area contributed by atoms with E-state index in [2.05, 4.69) is 49.7 Å². The molecule has 1 aromatic carbocycles. The first-order valence-corrected chi connectivity index (χ1v) is 11.3. The number of piperazine rings is 1. The van der Waals surface area contributed by atoms with Crippen molar-refractivity contribution in [3.05, 3.63) is 30.3 Å². The highest BCUT2D eigenvalue weighted by atomic mass is 127. The molecule has 0 bridgehead atoms. The number of alkyl halides is 3. The van der Waals surface area contributed by atoms with Crippen LogP contribution in [0.5, 0.6) is 0 Å². The van der Waals surface area contributed by atoms with Crippen LogP contribution in [0.3, 0.4) is 0 Å². The Morgan fingerprint density at radius 1 is 1.06 bits per heavy atom. The second-order valence-electron chi connectivity index (χ2n) is 8.26. The molecule has 10 heteroatoms. The van der Waals surface area contributed by atoms with Gasteiger partial charge in [-0.3, -0.25) is 14.8 Å². The van der Waals surface area contributed by atoms with Crippen molar-refractivity contribution in [1.29, 1.82) is 0 Å². The molecule has 0 amide bonds. The number of anilines is 1. The number of halogens is 4. The molecule has 1 unspecified atom stereocenters. The summed E-state index contributed by atoms with van der Waals surface area (Å²) in [4.78, 5) is 11.0. The Balaban J connectivity index is 0.00000363. The molecule has 182 valence electrons. The Hall–Kier alpha value is -1.27. The average molecular weight is 568 g/mol. The number of nitrogens with one attached hydrogen (secondary N) is 2. The highest BCUT2D eigenvalue weighted by molar-refractivity contribution is 14.0. The van der Waals surface area contributed by atoms with Crippen LogP contribution in [0.25, 0.3) is 0 Å². The zero-order valence-electron chi connectivity index (χ0n) is 18.8. The van der Waals surface area contributed by atoms with Crippen LogP contribution in [0.15, 0.2) is 35.3 Å². The third kappa shape index (κ3) is 9.30. The number of para-hydroxylation sites is 1. The highest BCUT2D eigenvalue weighted by Crippen LogP contribution is 2.20. The van der Waals surface area contributed by atoms with Gasteiger partial charge in [-0.05, 0) is 31.9 Å². The molecule has 0 radical (unpaired) electrons. The molecule has 2 aliphatic rings. The van der Waals surface area contributed by atoms with E-state index in [4.69, 9.17) is 0 Å². The summed E-state index contributed by atoms with van der Waals surface area (Å²) < 4.78 is 37.7. The minimum Gasteiger partial charge on any atom is -0.369 e. The predicted molar refractivity (Wildman–Crippen MR) is 135 cm³/mol. The van der Waals surface area contributed by atoms with E-state index in [1.807, 2.05) is 13.0 Å². The lowest BCUT2D eigenvalue weighted by molar-refractivity contribution is -0.143. The monoisotopic (exact) mass is 568 g/mol. The molecular weight excluding hydrogens is 532 g/mol. The Kier molecular flexibility index (Phi) is 11.3. The number of hydrogen-bond donors (Lipinski definition) is 2. The van der Waals surface area contributed by atoms with Gasteiger partial charge in [0, 0.05) is 70.6 Å². The first-order valence-electron chi connectivity index (χ1n) is 11.3. The molecule has 2 aliphatic heterocycles. The zero-order chi connectivity index (χ0) is 22.1. The Bertz CT molecular complexity index is 680. The van der Waals surface area contributed by atoms with Gasteiger partial charge in [0.2, 0.25) is 0 Å². The molecule has 32 heavy (non-hydrogen) atoms. The van der Waals surface area contributed by atoms with Gasteiger partial charge < -0.3 is 15.5 Å². The molecule has 3 rings (SSSR count). The summed E-state index contributed by atoms with van der Waals surface area (Å²) in [6.07, 6.45) is -2.47. The van der Waals surface area contributed by atoms with Crippen molar-refractivity contribution < 1.29 is 13.2 Å². The second-order valence-corrected chi connectivity index (χ2v) is 8.26. The van der Waals surface area contributed by atoms with E-state index in [-0.39, 0.29) is 30.0 Å². The smallest absolute Gasteiger partial charge is 0.369 e. The topological polar surface area (TPSA) is 46.1 Å². The minimum absolute atomic E-state index is 0. The summed E-state index contributed by atoms with van der Waals surface area (Å²) in [5.41, 5.74) is 1.29. The molecule has 2 heterocycles. The molecule has 0 saturated carbocycles. The number of benzene rings is 1. The maximum absolute atomic E-state index is 12.6. The lowest BCUT2D eigenvalue weighted by atomic mass is 10.2. The van der Waals surface area contributed by atoms with Gasteiger partial charge in [0.05, 0.1) is 6.54 Å². The van der Waals surface area contributed by atoms with Crippen LogP contribution < -0.4 is 15.5 Å². The van der Waals surface area contributed by atoms with Gasteiger partial charge in [-0.1, -0.05) is 18.2 Å². The normalized spacial score (nSPS) is 20.8. The van der Waals surface area contributed by atoms with Crippen LogP contribution in [0.1, 0.15) is 19.8 Å². The van der Waals surface area contributed by atoms with Gasteiger partial charge in [-0.15, -0.1) is 24.0 Å². The number of rotatable bonds is 8. The van der Waals surface area contributed by atoms with Gasteiger partial charge >= 0.3 is 6.18 Å². The van der Waals surface area contributed by atoms with Crippen molar-refractivity contribution in [3.63, 3.8) is 0 Å². The Morgan fingerprint density at radius 3 is 2.44 bits per heavy atom. The summed E-state index contributed by atoms with van der Waals surface area (Å²) in [5, 5.41) is 6.52. The summed E-state index contributed by atoms with van der Waals surface area (Å²) in [7, 11) is 0. The van der Waals surface area contributed by atoms with Crippen molar-refractivity contribution in [3.8, 4) is 0 Å². The number of guanidine groups is 1. The quantitative estimate of drug-likeness (QED) is 0.219. The predicted octanol–water partition coefficient (Wildman–Crippen LogP) is 3.01. The van der Waals surface area contributed by atoms with Gasteiger partial charge in [0.1, 0.15) is 0 Å². The Morgan fingerprint density at radius 2 is 1.78 bits per heavy atom. The van der Waals surface area contributed by atoms with Crippen molar-refractivity contribution in [2.24, 2.45) is 4.99 Å². The lowest BCUT2D eigenvalue weighted by Gasteiger charge is -2.36.